The normalized spacial score (nSPS) is 14.8. The van der Waals surface area contributed by atoms with Crippen LogP contribution in [-0.4, -0.2) is 35.6 Å². The van der Waals surface area contributed by atoms with Crippen molar-refractivity contribution >= 4 is 24.0 Å². The van der Waals surface area contributed by atoms with Crippen LogP contribution in [0, 0.1) is 32.6 Å². The lowest BCUT2D eigenvalue weighted by atomic mass is 9.88. The van der Waals surface area contributed by atoms with Crippen molar-refractivity contribution in [1.82, 2.24) is 0 Å². The first kappa shape index (κ1) is 101. The van der Waals surface area contributed by atoms with E-state index in [0.29, 0.717) is 24.2 Å². The van der Waals surface area contributed by atoms with Crippen LogP contribution in [0.4, 0.5) is 0 Å². The van der Waals surface area contributed by atoms with E-state index in [1.54, 1.807) is 6.07 Å². The summed E-state index contributed by atoms with van der Waals surface area (Å²) >= 11 is 0. The number of aliphatic hydroxyl groups excluding tert-OH is 1. The van der Waals surface area contributed by atoms with Crippen molar-refractivity contribution in [1.29, 1.82) is 0 Å². The summed E-state index contributed by atoms with van der Waals surface area (Å²) in [5, 5.41) is 18.5. The summed E-state index contributed by atoms with van der Waals surface area (Å²) in [4.78, 5) is 0. The van der Waals surface area contributed by atoms with Crippen molar-refractivity contribution in [3.63, 3.8) is 0 Å². The first-order chi connectivity index (χ1) is 43.6. The van der Waals surface area contributed by atoms with Crippen LogP contribution in [0.25, 0.3) is 0 Å². The lowest BCUT2D eigenvalue weighted by Gasteiger charge is -2.31. The highest BCUT2D eigenvalue weighted by molar-refractivity contribution is 14.0. The minimum absolute atomic E-state index is 0. The number of phenolic OH excluding ortho intramolecular Hbond substituents is 1. The van der Waals surface area contributed by atoms with Crippen LogP contribution in [0.1, 0.15) is 237 Å². The van der Waals surface area contributed by atoms with Gasteiger partial charge in [-0.05, 0) is 108 Å². The van der Waals surface area contributed by atoms with Crippen LogP contribution in [0.3, 0.4) is 0 Å². The summed E-state index contributed by atoms with van der Waals surface area (Å²) in [6.45, 7) is 46.2. The van der Waals surface area contributed by atoms with Crippen molar-refractivity contribution in [3.8, 4) is 23.0 Å². The molecular formula is C86H137IO7. The maximum atomic E-state index is 9.54. The number of phenols is 1. The number of aromatic hydroxyl groups is 1. The van der Waals surface area contributed by atoms with Gasteiger partial charge in [0.2, 0.25) is 0 Å². The van der Waals surface area contributed by atoms with E-state index >= 15 is 0 Å². The minimum Gasteiger partial charge on any atom is -0.508 e. The van der Waals surface area contributed by atoms with Crippen LogP contribution < -0.4 is 14.2 Å². The number of hydrogen-bond donors (Lipinski definition) is 2. The van der Waals surface area contributed by atoms with E-state index in [2.05, 4.69) is 126 Å². The van der Waals surface area contributed by atoms with Crippen molar-refractivity contribution < 1.29 is 33.9 Å². The van der Waals surface area contributed by atoms with Gasteiger partial charge < -0.3 is 33.9 Å². The van der Waals surface area contributed by atoms with Gasteiger partial charge in [0.15, 0.2) is 6.10 Å². The summed E-state index contributed by atoms with van der Waals surface area (Å²) < 4.78 is 28.9. The lowest BCUT2D eigenvalue weighted by Crippen LogP contribution is -2.23. The Morgan fingerprint density at radius 1 is 0.436 bits per heavy atom. The molecule has 3 heterocycles. The summed E-state index contributed by atoms with van der Waals surface area (Å²) in [7, 11) is 0. The van der Waals surface area contributed by atoms with E-state index in [4.69, 9.17) is 28.8 Å². The second-order valence-electron chi connectivity index (χ2n) is 18.9. The predicted molar refractivity (Wildman–Crippen MR) is 427 cm³/mol. The number of hydrogen-bond acceptors (Lipinski definition) is 7. The highest BCUT2D eigenvalue weighted by Gasteiger charge is 2.36. The summed E-state index contributed by atoms with van der Waals surface area (Å²) in [6, 6.07) is 72.7. The van der Waals surface area contributed by atoms with E-state index < -0.39 is 6.10 Å². The Kier molecular flexibility index (Phi) is 70.2. The summed E-state index contributed by atoms with van der Waals surface area (Å²) in [5.41, 5.74) is 9.22. The van der Waals surface area contributed by atoms with Crippen LogP contribution >= 0.6 is 24.0 Å². The SMILES string of the molecule is C.C.C.C.CC.CC.CC.CC.CC.CC.CC.CC.CC[C@@H](C)[C@@H](Oc1ccccc1C)c1ccccc1.C[C@@H]1Cc2ccccc2O[C@H]1c1ccccc1.Cc1ccccc1O.Cc1ccccc1O[C@@H](c1ccccc1)[C@H]1CO1.I.O[C@H](c1ccccc1)[C@H]1CO1. The average Bonchev–Trinajstić information content (AvgIpc) is 0.967. The van der Waals surface area contributed by atoms with Gasteiger partial charge in [-0.15, -0.1) is 24.0 Å². The Morgan fingerprint density at radius 3 is 1.18 bits per heavy atom. The molecule has 0 radical (unpaired) electrons. The average molecular weight is 1410 g/mol. The molecule has 3 aliphatic rings. The molecule has 94 heavy (non-hydrogen) atoms. The van der Waals surface area contributed by atoms with Gasteiger partial charge in [-0.3, -0.25) is 0 Å². The zero-order valence-electron chi connectivity index (χ0n) is 59.6. The van der Waals surface area contributed by atoms with Crippen molar-refractivity contribution in [2.75, 3.05) is 13.2 Å². The third-order valence-corrected chi connectivity index (χ3v) is 13.2. The van der Waals surface area contributed by atoms with Crippen LogP contribution in [0.5, 0.6) is 23.0 Å². The fraction of sp³-hybridized carbons (Fsp3) is 0.442. The molecule has 7 nitrogen and oxygen atoms in total. The van der Waals surface area contributed by atoms with Gasteiger partial charge in [-0.25, -0.2) is 0 Å². The van der Waals surface area contributed by atoms with Gasteiger partial charge in [0.05, 0.1) is 13.2 Å². The molecule has 2 saturated heterocycles. The lowest BCUT2D eigenvalue weighted by molar-refractivity contribution is 0.123. The largest absolute Gasteiger partial charge is 0.508 e. The molecule has 0 aromatic heterocycles. The third kappa shape index (κ3) is 38.8. The van der Waals surface area contributed by atoms with Gasteiger partial charge in [0.1, 0.15) is 53.5 Å². The molecule has 8 aromatic rings. The van der Waals surface area contributed by atoms with E-state index in [0.717, 1.165) is 53.4 Å². The fourth-order valence-electron chi connectivity index (χ4n) is 8.45. The number of epoxide rings is 2. The first-order valence-electron chi connectivity index (χ1n) is 33.6. The molecule has 0 bridgehead atoms. The Morgan fingerprint density at radius 2 is 0.787 bits per heavy atom. The molecule has 0 unspecified atom stereocenters. The number of fused-ring (bicyclic) bond motifs is 1. The van der Waals surface area contributed by atoms with Crippen LogP contribution in [0.15, 0.2) is 218 Å². The second kappa shape index (κ2) is 65.2. The topological polar surface area (TPSA) is 93.2 Å². The Bertz CT molecular complexity index is 2800. The molecule has 0 aliphatic carbocycles. The predicted octanol–water partition coefficient (Wildman–Crippen LogP) is 26.9. The number of benzene rings is 8. The minimum atomic E-state index is -0.434. The van der Waals surface area contributed by atoms with Gasteiger partial charge in [0, 0.05) is 5.92 Å². The Hall–Kier alpha value is -6.43. The van der Waals surface area contributed by atoms with Gasteiger partial charge >= 0.3 is 0 Å². The van der Waals surface area contributed by atoms with Gasteiger partial charge in [-0.1, -0.05) is 355 Å². The fourth-order valence-corrected chi connectivity index (χ4v) is 8.45. The number of aryl methyl sites for hydroxylation is 3. The maximum absolute atomic E-state index is 9.54. The van der Waals surface area contributed by atoms with Crippen LogP contribution in [-0.2, 0) is 15.9 Å². The standard InChI is InChI=1S/C18H22O.C16H16O2.C16H16O.C9H10O2.C7H8O.8C2H6.4CH4.HI/c1-4-14(2)18(16-11-6-5-7-12-16)19-17-13-9-8-10-15(17)3;1-12-7-5-6-10-14(12)18-16(15-11-17-15)13-8-3-2-4-9-13;1-12-11-14-9-5-6-10-15(14)17-16(12)13-7-3-2-4-8-13;10-9(8-6-11-8)7-4-2-1-3-5-7;1-6-4-2-3-5-7(6)8;8*1-2;;;;;/h5-14,18H,4H2,1-3H3;2-10,15-16H,11H2,1H3;2-10,12,16H,11H2,1H3;1-5,8-10H,6H2;2-5,8H,1H3;8*1-2H3;4*1H4;1H/t14-,18-;15-,16+;12-,16-;8-,9-;;;;;;;;;;;;;;/m1111............../s1. The number of halogens is 1. The van der Waals surface area contributed by atoms with Crippen molar-refractivity contribution in [2.45, 2.75) is 231 Å². The summed E-state index contributed by atoms with van der Waals surface area (Å²) in [6.07, 6.45) is 2.28. The van der Waals surface area contributed by atoms with Crippen LogP contribution in [0.2, 0.25) is 0 Å². The van der Waals surface area contributed by atoms with Gasteiger partial charge in [-0.2, -0.15) is 0 Å². The molecule has 3 aliphatic heterocycles. The number of para-hydroxylation sites is 4. The number of aliphatic hydroxyl groups is 1. The highest BCUT2D eigenvalue weighted by Crippen LogP contribution is 2.39. The molecule has 8 atom stereocenters. The molecule has 2 fully saturated rings. The molecule has 0 spiro atoms. The molecule has 0 amide bonds. The molecule has 8 heteroatoms. The Labute approximate surface area is 596 Å². The number of ether oxygens (including phenoxy) is 5. The van der Waals surface area contributed by atoms with E-state index in [1.165, 1.54) is 27.8 Å². The third-order valence-electron chi connectivity index (χ3n) is 13.2. The molecule has 2 N–H and O–H groups in total. The first-order valence-corrected chi connectivity index (χ1v) is 33.6. The van der Waals surface area contributed by atoms with Crippen molar-refractivity contribution in [3.05, 3.63) is 263 Å². The summed E-state index contributed by atoms with van der Waals surface area (Å²) in [5.74, 6) is 4.33. The van der Waals surface area contributed by atoms with Gasteiger partial charge in [0.25, 0.3) is 0 Å². The monoisotopic (exact) mass is 1410 g/mol. The Balaban J connectivity index is -0.000000192. The smallest absolute Gasteiger partial charge is 0.152 e. The molecule has 8 aromatic carbocycles. The molecular weight excluding hydrogens is 1270 g/mol. The zero-order chi connectivity index (χ0) is 67.4. The van der Waals surface area contributed by atoms with E-state index in [1.807, 2.05) is 239 Å². The van der Waals surface area contributed by atoms with E-state index in [9.17, 15) is 5.11 Å². The molecule has 11 rings (SSSR count). The molecule has 530 valence electrons. The zero-order valence-corrected chi connectivity index (χ0v) is 61.9. The van der Waals surface area contributed by atoms with E-state index in [-0.39, 0.29) is 84.2 Å². The highest BCUT2D eigenvalue weighted by atomic mass is 127. The molecule has 0 saturated carbocycles. The number of rotatable bonds is 12. The quantitative estimate of drug-likeness (QED) is 0.0930. The maximum Gasteiger partial charge on any atom is 0.152 e. The van der Waals surface area contributed by atoms with Crippen molar-refractivity contribution in [2.24, 2.45) is 11.8 Å². The second-order valence-corrected chi connectivity index (χ2v) is 18.9.